The highest BCUT2D eigenvalue weighted by Gasteiger charge is 2.40. The van der Waals surface area contributed by atoms with Gasteiger partial charge in [0.25, 0.3) is 0 Å². The smallest absolute Gasteiger partial charge is 0.302 e. The van der Waals surface area contributed by atoms with Crippen molar-refractivity contribution in [3.05, 3.63) is 12.2 Å². The maximum atomic E-state index is 11.6. The molecule has 0 spiro atoms. The summed E-state index contributed by atoms with van der Waals surface area (Å²) in [5.41, 5.74) is 0. The number of ether oxygens (including phenoxy) is 3. The standard InChI is InChI=1S/C19H26Br2O5/c1-5-7-8-9-16-17(24-12(3)22)10-14(20)11-18(25-13(4)23)19(26-16)15(21)6-2/h1,7-8,14-19H,6,9-11H2,2-4H3/b8-7-/t14-,15+,16-,17-,18-,19+/m0/s1. The Kier molecular flexibility index (Phi) is 10.5. The molecule has 0 aromatic heterocycles. The minimum Gasteiger partial charge on any atom is -0.460 e. The maximum Gasteiger partial charge on any atom is 0.302 e. The number of carbonyl (C=O) groups excluding carboxylic acids is 2. The first kappa shape index (κ1) is 23.2. The first-order chi connectivity index (χ1) is 12.3. The summed E-state index contributed by atoms with van der Waals surface area (Å²) >= 11 is 7.28. The molecule has 7 heteroatoms. The summed E-state index contributed by atoms with van der Waals surface area (Å²) in [5.74, 6) is 1.74. The van der Waals surface area contributed by atoms with Crippen LogP contribution in [0.1, 0.15) is 46.5 Å². The third-order valence-electron chi connectivity index (χ3n) is 4.05. The fraction of sp³-hybridized carbons (Fsp3) is 0.684. The van der Waals surface area contributed by atoms with Gasteiger partial charge in [0.05, 0.1) is 6.10 Å². The molecule has 0 aliphatic carbocycles. The van der Waals surface area contributed by atoms with Crippen LogP contribution in [0.25, 0.3) is 0 Å². The van der Waals surface area contributed by atoms with Crippen LogP contribution < -0.4 is 0 Å². The molecular weight excluding hydrogens is 468 g/mol. The monoisotopic (exact) mass is 492 g/mol. The van der Waals surface area contributed by atoms with Crippen LogP contribution in [-0.2, 0) is 23.8 Å². The van der Waals surface area contributed by atoms with Crippen molar-refractivity contribution in [2.45, 2.75) is 80.5 Å². The number of rotatable bonds is 6. The van der Waals surface area contributed by atoms with Gasteiger partial charge in [-0.15, -0.1) is 6.42 Å². The number of halogens is 2. The average molecular weight is 494 g/mol. The van der Waals surface area contributed by atoms with Crippen molar-refractivity contribution in [3.63, 3.8) is 0 Å². The van der Waals surface area contributed by atoms with E-state index in [1.165, 1.54) is 13.8 Å². The van der Waals surface area contributed by atoms with Gasteiger partial charge in [-0.05, 0) is 31.8 Å². The third-order valence-corrected chi connectivity index (χ3v) is 5.97. The summed E-state index contributed by atoms with van der Waals surface area (Å²) in [7, 11) is 0. The lowest BCUT2D eigenvalue weighted by Gasteiger charge is -2.39. The molecule has 1 heterocycles. The van der Waals surface area contributed by atoms with Crippen molar-refractivity contribution in [1.29, 1.82) is 0 Å². The lowest BCUT2D eigenvalue weighted by Crippen LogP contribution is -2.49. The van der Waals surface area contributed by atoms with E-state index in [2.05, 4.69) is 37.8 Å². The molecule has 5 nitrogen and oxygen atoms in total. The van der Waals surface area contributed by atoms with Crippen molar-refractivity contribution in [2.24, 2.45) is 0 Å². The highest BCUT2D eigenvalue weighted by atomic mass is 79.9. The van der Waals surface area contributed by atoms with Crippen LogP contribution >= 0.6 is 31.9 Å². The van der Waals surface area contributed by atoms with Gasteiger partial charge in [0, 0.05) is 23.5 Å². The Hall–Kier alpha value is -0.840. The fourth-order valence-electron chi connectivity index (χ4n) is 2.96. The normalized spacial score (nSPS) is 30.7. The number of alkyl halides is 2. The van der Waals surface area contributed by atoms with Gasteiger partial charge in [-0.2, -0.15) is 0 Å². The molecule has 0 saturated carbocycles. The van der Waals surface area contributed by atoms with Crippen molar-refractivity contribution >= 4 is 43.8 Å². The van der Waals surface area contributed by atoms with Gasteiger partial charge < -0.3 is 14.2 Å². The third kappa shape index (κ3) is 7.81. The summed E-state index contributed by atoms with van der Waals surface area (Å²) in [6, 6.07) is 0. The minimum absolute atomic E-state index is 0.0123. The topological polar surface area (TPSA) is 61.8 Å². The molecule has 0 radical (unpaired) electrons. The quantitative estimate of drug-likeness (QED) is 0.319. The van der Waals surface area contributed by atoms with E-state index < -0.39 is 18.3 Å². The molecule has 6 atom stereocenters. The lowest BCUT2D eigenvalue weighted by atomic mass is 9.95. The van der Waals surface area contributed by atoms with Gasteiger partial charge in [0.2, 0.25) is 0 Å². The molecule has 0 amide bonds. The maximum absolute atomic E-state index is 11.6. The molecule has 1 aliphatic heterocycles. The predicted octanol–water partition coefficient (Wildman–Crippen LogP) is 3.91. The first-order valence-electron chi connectivity index (χ1n) is 8.67. The highest BCUT2D eigenvalue weighted by Crippen LogP contribution is 2.32. The van der Waals surface area contributed by atoms with Crippen molar-refractivity contribution in [2.75, 3.05) is 0 Å². The SMILES string of the molecule is C#C/C=C\C[C@@H]1O[C@H]([C@H](Br)CC)[C@@H](OC(C)=O)C[C@@H](Br)C[C@@H]1OC(C)=O. The zero-order valence-electron chi connectivity index (χ0n) is 15.3. The van der Waals surface area contributed by atoms with E-state index in [0.29, 0.717) is 19.3 Å². The Morgan fingerprint density at radius 1 is 1.27 bits per heavy atom. The number of hydrogen-bond donors (Lipinski definition) is 0. The van der Waals surface area contributed by atoms with E-state index in [1.54, 1.807) is 6.08 Å². The van der Waals surface area contributed by atoms with E-state index >= 15 is 0 Å². The molecule has 1 saturated heterocycles. The molecule has 1 fully saturated rings. The zero-order chi connectivity index (χ0) is 19.7. The second-order valence-corrected chi connectivity index (χ2v) is 8.70. The van der Waals surface area contributed by atoms with Gasteiger partial charge >= 0.3 is 11.9 Å². The summed E-state index contributed by atoms with van der Waals surface area (Å²) in [6.45, 7) is 4.80. The van der Waals surface area contributed by atoms with E-state index in [1.807, 2.05) is 13.0 Å². The number of esters is 2. The molecule has 0 N–H and O–H groups in total. The van der Waals surface area contributed by atoms with Crippen LogP contribution in [0.5, 0.6) is 0 Å². The highest BCUT2D eigenvalue weighted by molar-refractivity contribution is 9.09. The number of carbonyl (C=O) groups is 2. The molecule has 26 heavy (non-hydrogen) atoms. The van der Waals surface area contributed by atoms with Crippen molar-refractivity contribution in [1.82, 2.24) is 0 Å². The zero-order valence-corrected chi connectivity index (χ0v) is 18.5. The predicted molar refractivity (Wildman–Crippen MR) is 107 cm³/mol. The molecule has 0 aromatic carbocycles. The molecule has 0 aromatic rings. The van der Waals surface area contributed by atoms with E-state index in [9.17, 15) is 9.59 Å². The Bertz CT molecular complexity index is 543. The molecule has 146 valence electrons. The number of terminal acetylenes is 1. The van der Waals surface area contributed by atoms with E-state index in [-0.39, 0.29) is 27.7 Å². The molecule has 1 aliphatic rings. The van der Waals surface area contributed by atoms with Crippen LogP contribution in [0, 0.1) is 12.3 Å². The van der Waals surface area contributed by atoms with Crippen molar-refractivity contribution < 1.29 is 23.8 Å². The number of hydrogen-bond acceptors (Lipinski definition) is 5. The molecule has 1 rings (SSSR count). The Morgan fingerprint density at radius 2 is 1.85 bits per heavy atom. The van der Waals surface area contributed by atoms with Gasteiger partial charge in [0.1, 0.15) is 18.3 Å². The van der Waals surface area contributed by atoms with Crippen LogP contribution in [0.3, 0.4) is 0 Å². The van der Waals surface area contributed by atoms with Crippen LogP contribution in [0.2, 0.25) is 0 Å². The second kappa shape index (κ2) is 11.8. The van der Waals surface area contributed by atoms with Gasteiger partial charge in [-0.3, -0.25) is 9.59 Å². The van der Waals surface area contributed by atoms with E-state index in [0.717, 1.165) is 6.42 Å². The van der Waals surface area contributed by atoms with Crippen molar-refractivity contribution in [3.8, 4) is 12.3 Å². The minimum atomic E-state index is -0.420. The first-order valence-corrected chi connectivity index (χ1v) is 10.5. The fourth-order valence-corrected chi connectivity index (χ4v) is 4.16. The summed E-state index contributed by atoms with van der Waals surface area (Å²) < 4.78 is 17.4. The number of allylic oxidation sites excluding steroid dienone is 1. The summed E-state index contributed by atoms with van der Waals surface area (Å²) in [5, 5.41) is 0. The van der Waals surface area contributed by atoms with Crippen LogP contribution in [0.15, 0.2) is 12.2 Å². The van der Waals surface area contributed by atoms with Crippen LogP contribution in [0.4, 0.5) is 0 Å². The molecule has 0 bridgehead atoms. The summed E-state index contributed by atoms with van der Waals surface area (Å²) in [6.07, 6.45) is 9.52. The van der Waals surface area contributed by atoms with Crippen LogP contribution in [-0.4, -0.2) is 46.0 Å². The Labute approximate surface area is 172 Å². The second-order valence-electron chi connectivity index (χ2n) is 6.23. The van der Waals surface area contributed by atoms with Gasteiger partial charge in [-0.25, -0.2) is 0 Å². The van der Waals surface area contributed by atoms with E-state index in [4.69, 9.17) is 20.6 Å². The molecule has 0 unspecified atom stereocenters. The Balaban J connectivity index is 3.15. The molecular formula is C19H26Br2O5. The summed E-state index contributed by atoms with van der Waals surface area (Å²) in [4.78, 5) is 23.1. The lowest BCUT2D eigenvalue weighted by molar-refractivity contribution is -0.178. The average Bonchev–Trinajstić information content (AvgIpc) is 2.54. The van der Waals surface area contributed by atoms with Gasteiger partial charge in [0.15, 0.2) is 0 Å². The van der Waals surface area contributed by atoms with Gasteiger partial charge in [-0.1, -0.05) is 50.8 Å². The largest absolute Gasteiger partial charge is 0.460 e. The Morgan fingerprint density at radius 3 is 2.38 bits per heavy atom.